The SMILES string of the molecule is Bc1c(B)c(B)c(-n2c(-c3ccccc3C3=C4C=CC=CC4C(c4cc5ccccc5c5ccccc45)c4ccccc43)nc3ccccc32)c(O)c1B. The molecule has 2 aliphatic carbocycles. The van der Waals surface area contributed by atoms with Crippen molar-refractivity contribution in [3.8, 4) is 22.8 Å². The molecule has 3 nitrogen and oxygen atoms in total. The van der Waals surface area contributed by atoms with Crippen LogP contribution in [0.1, 0.15) is 28.2 Å². The summed E-state index contributed by atoms with van der Waals surface area (Å²) < 4.78 is 2.19. The van der Waals surface area contributed by atoms with Crippen LogP contribution >= 0.6 is 0 Å². The van der Waals surface area contributed by atoms with E-state index in [0.29, 0.717) is 5.75 Å². The molecule has 252 valence electrons. The van der Waals surface area contributed by atoms with Gasteiger partial charge in [0.25, 0.3) is 0 Å². The number of hydrogen-bond acceptors (Lipinski definition) is 2. The minimum absolute atomic E-state index is 0.116. The Balaban J connectivity index is 1.26. The van der Waals surface area contributed by atoms with E-state index < -0.39 is 0 Å². The number of allylic oxidation sites excluding steroid dienone is 5. The normalized spacial score (nSPS) is 16.3. The van der Waals surface area contributed by atoms with Crippen molar-refractivity contribution in [3.05, 3.63) is 180 Å². The standard InChI is InChI=1S/C47H36B4N2O/c48-41-42(49)44(51)46(54)45(43(41)50)53-38-24-12-11-23-37(38)52-47(53)35-22-10-9-21-34(35)39-30-17-5-7-19-32(30)40(33-20-8-6-18-31(33)39)36-25-26-13-1-2-14-27(26)28-15-3-4-16-29(28)36/h1-25,32,40,54H,48-51H2. The summed E-state index contributed by atoms with van der Waals surface area (Å²) in [6.45, 7) is 0. The van der Waals surface area contributed by atoms with Crippen LogP contribution < -0.4 is 21.9 Å². The van der Waals surface area contributed by atoms with Gasteiger partial charge in [0, 0.05) is 17.4 Å². The molecule has 0 bridgehead atoms. The molecule has 54 heavy (non-hydrogen) atoms. The monoisotopic (exact) mass is 688 g/mol. The number of phenolic OH excluding ortho intramolecular Hbond substituents is 1. The zero-order valence-electron chi connectivity index (χ0n) is 30.9. The van der Waals surface area contributed by atoms with Gasteiger partial charge in [-0.2, -0.15) is 0 Å². The fraction of sp³-hybridized carbons (Fsp3) is 0.0426. The van der Waals surface area contributed by atoms with Gasteiger partial charge in [-0.3, -0.25) is 4.57 Å². The lowest BCUT2D eigenvalue weighted by Gasteiger charge is -2.38. The second kappa shape index (κ2) is 12.5. The van der Waals surface area contributed by atoms with Gasteiger partial charge in [0.1, 0.15) is 43.0 Å². The molecule has 7 aromatic carbocycles. The van der Waals surface area contributed by atoms with Crippen LogP contribution in [0.15, 0.2) is 157 Å². The second-order valence-corrected chi connectivity index (χ2v) is 14.9. The Bertz CT molecular complexity index is 2940. The zero-order valence-corrected chi connectivity index (χ0v) is 30.9. The molecule has 0 saturated carbocycles. The van der Waals surface area contributed by atoms with Crippen LogP contribution in [-0.2, 0) is 0 Å². The van der Waals surface area contributed by atoms with Crippen molar-refractivity contribution < 1.29 is 5.11 Å². The van der Waals surface area contributed by atoms with E-state index in [-0.39, 0.29) is 11.8 Å². The minimum Gasteiger partial charge on any atom is -0.506 e. The first kappa shape index (κ1) is 32.5. The summed E-state index contributed by atoms with van der Waals surface area (Å²) in [5.41, 5.74) is 15.5. The minimum atomic E-state index is 0.116. The third-order valence-electron chi connectivity index (χ3n) is 12.3. The lowest BCUT2D eigenvalue weighted by molar-refractivity contribution is 0.478. The molecule has 1 heterocycles. The number of rotatable bonds is 4. The molecule has 2 atom stereocenters. The summed E-state index contributed by atoms with van der Waals surface area (Å²) in [6.07, 6.45) is 9.13. The van der Waals surface area contributed by atoms with Gasteiger partial charge in [-0.15, -0.1) is 0 Å². The van der Waals surface area contributed by atoms with E-state index in [1.165, 1.54) is 54.8 Å². The molecule has 10 rings (SSSR count). The quantitative estimate of drug-likeness (QED) is 0.220. The summed E-state index contributed by atoms with van der Waals surface area (Å²) in [7, 11) is 8.37. The Kier molecular flexibility index (Phi) is 7.49. The lowest BCUT2D eigenvalue weighted by Crippen LogP contribution is -2.49. The molecule has 8 aromatic rings. The van der Waals surface area contributed by atoms with Gasteiger partial charge in [0.15, 0.2) is 0 Å². The molecular weight excluding hydrogens is 652 g/mol. The second-order valence-electron chi connectivity index (χ2n) is 14.9. The zero-order chi connectivity index (χ0) is 36.7. The van der Waals surface area contributed by atoms with Gasteiger partial charge in [0.05, 0.1) is 16.7 Å². The molecular formula is C47H36B4N2O. The van der Waals surface area contributed by atoms with Crippen LogP contribution in [0.2, 0.25) is 0 Å². The molecule has 1 aromatic heterocycles. The fourth-order valence-corrected chi connectivity index (χ4v) is 9.32. The van der Waals surface area contributed by atoms with Gasteiger partial charge in [-0.25, -0.2) is 4.98 Å². The molecule has 1 N–H and O–H groups in total. The Morgan fingerprint density at radius 2 is 1.22 bits per heavy atom. The number of hydrogen-bond donors (Lipinski definition) is 1. The van der Waals surface area contributed by atoms with E-state index >= 15 is 0 Å². The molecule has 2 unspecified atom stereocenters. The maximum atomic E-state index is 11.9. The first-order valence-corrected chi connectivity index (χ1v) is 18.9. The van der Waals surface area contributed by atoms with Gasteiger partial charge in [-0.05, 0) is 73.1 Å². The van der Waals surface area contributed by atoms with Crippen molar-refractivity contribution in [2.24, 2.45) is 5.92 Å². The third kappa shape index (κ3) is 4.71. The number of aromatic nitrogens is 2. The average molecular weight is 688 g/mol. The Morgan fingerprint density at radius 1 is 0.574 bits per heavy atom. The number of fused-ring (bicyclic) bond motifs is 6. The van der Waals surface area contributed by atoms with Crippen molar-refractivity contribution in [3.63, 3.8) is 0 Å². The van der Waals surface area contributed by atoms with E-state index in [1.807, 2.05) is 13.9 Å². The highest BCUT2D eigenvalue weighted by molar-refractivity contribution is 6.64. The Hall–Kier alpha value is -6.19. The van der Waals surface area contributed by atoms with Gasteiger partial charge >= 0.3 is 0 Å². The molecule has 0 fully saturated rings. The number of imidazole rings is 1. The van der Waals surface area contributed by atoms with Crippen molar-refractivity contribution in [2.45, 2.75) is 5.92 Å². The lowest BCUT2D eigenvalue weighted by atomic mass is 9.65. The largest absolute Gasteiger partial charge is 0.506 e. The molecule has 0 spiro atoms. The highest BCUT2D eigenvalue weighted by atomic mass is 16.3. The van der Waals surface area contributed by atoms with E-state index in [4.69, 9.17) is 4.98 Å². The van der Waals surface area contributed by atoms with Crippen LogP contribution in [0.3, 0.4) is 0 Å². The molecule has 0 amide bonds. The first-order chi connectivity index (χ1) is 26.4. The number of phenols is 1. The smallest absolute Gasteiger partial charge is 0.146 e. The van der Waals surface area contributed by atoms with Gasteiger partial charge < -0.3 is 5.11 Å². The fourth-order valence-electron chi connectivity index (χ4n) is 9.32. The van der Waals surface area contributed by atoms with Crippen LogP contribution in [-0.4, -0.2) is 46.0 Å². The van der Waals surface area contributed by atoms with Crippen LogP contribution in [0.5, 0.6) is 5.75 Å². The third-order valence-corrected chi connectivity index (χ3v) is 12.3. The van der Waals surface area contributed by atoms with E-state index in [0.717, 1.165) is 50.1 Å². The number of para-hydroxylation sites is 2. The van der Waals surface area contributed by atoms with Crippen molar-refractivity contribution in [2.75, 3.05) is 0 Å². The van der Waals surface area contributed by atoms with E-state index in [2.05, 4.69) is 174 Å². The highest BCUT2D eigenvalue weighted by Crippen LogP contribution is 2.53. The Morgan fingerprint density at radius 3 is 2.06 bits per heavy atom. The summed E-state index contributed by atoms with van der Waals surface area (Å²) in [5.74, 6) is 1.34. The summed E-state index contributed by atoms with van der Waals surface area (Å²) in [5, 5.41) is 17.0. The van der Waals surface area contributed by atoms with Crippen molar-refractivity contribution in [1.82, 2.24) is 9.55 Å². The van der Waals surface area contributed by atoms with Crippen LogP contribution in [0, 0.1) is 5.92 Å². The maximum Gasteiger partial charge on any atom is 0.146 e. The maximum absolute atomic E-state index is 11.9. The summed E-state index contributed by atoms with van der Waals surface area (Å²) in [6, 6.07) is 46.1. The highest BCUT2D eigenvalue weighted by Gasteiger charge is 2.37. The summed E-state index contributed by atoms with van der Waals surface area (Å²) in [4.78, 5) is 5.36. The topological polar surface area (TPSA) is 38.0 Å². The van der Waals surface area contributed by atoms with Crippen LogP contribution in [0.25, 0.3) is 55.2 Å². The predicted molar refractivity (Wildman–Crippen MR) is 238 cm³/mol. The number of aromatic hydroxyl groups is 1. The molecule has 0 saturated heterocycles. The molecule has 0 radical (unpaired) electrons. The van der Waals surface area contributed by atoms with Crippen molar-refractivity contribution in [1.29, 1.82) is 0 Å². The van der Waals surface area contributed by atoms with E-state index in [9.17, 15) is 5.11 Å². The Labute approximate surface area is 319 Å². The van der Waals surface area contributed by atoms with Crippen molar-refractivity contribution >= 4 is 91.4 Å². The predicted octanol–water partition coefficient (Wildman–Crippen LogP) is 4.43. The van der Waals surface area contributed by atoms with E-state index in [1.54, 1.807) is 0 Å². The molecule has 2 aliphatic rings. The number of nitrogens with zero attached hydrogens (tertiary/aromatic N) is 2. The van der Waals surface area contributed by atoms with Gasteiger partial charge in [-0.1, -0.05) is 155 Å². The average Bonchev–Trinajstić information content (AvgIpc) is 3.60. The number of benzene rings is 7. The van der Waals surface area contributed by atoms with Gasteiger partial charge in [0.2, 0.25) is 0 Å². The molecule has 0 aliphatic heterocycles. The summed E-state index contributed by atoms with van der Waals surface area (Å²) >= 11 is 0. The molecule has 7 heteroatoms. The first-order valence-electron chi connectivity index (χ1n) is 18.9. The van der Waals surface area contributed by atoms with Crippen LogP contribution in [0.4, 0.5) is 0 Å².